The van der Waals surface area contributed by atoms with Crippen molar-refractivity contribution in [1.82, 2.24) is 10.2 Å². The van der Waals surface area contributed by atoms with Crippen LogP contribution in [-0.4, -0.2) is 36.1 Å². The molecule has 2 aromatic carbocycles. The second-order valence-electron chi connectivity index (χ2n) is 6.64. The standard InChI is InChI=1S/C21H23N3O4/c1-12-7-5-6-8-15(12)22-20(26)18-13(2)24(3)21(27)23-19(18)14-9-10-16(25)17(11-14)28-4/h5-11,19,25H,1-4H3,(H,22,26)(H,23,27). The first-order valence-electron chi connectivity index (χ1n) is 8.82. The summed E-state index contributed by atoms with van der Waals surface area (Å²) in [7, 11) is 3.05. The number of rotatable bonds is 4. The number of hydrogen-bond acceptors (Lipinski definition) is 4. The minimum absolute atomic E-state index is 0.0166. The molecule has 146 valence electrons. The van der Waals surface area contributed by atoms with E-state index >= 15 is 0 Å². The molecule has 7 nitrogen and oxygen atoms in total. The molecular weight excluding hydrogens is 358 g/mol. The zero-order valence-electron chi connectivity index (χ0n) is 16.2. The molecule has 1 aliphatic heterocycles. The maximum absolute atomic E-state index is 13.2. The highest BCUT2D eigenvalue weighted by Gasteiger charge is 2.34. The van der Waals surface area contributed by atoms with Crippen LogP contribution in [0.2, 0.25) is 0 Å². The summed E-state index contributed by atoms with van der Waals surface area (Å²) in [6, 6.07) is 11.2. The molecule has 1 aliphatic rings. The van der Waals surface area contributed by atoms with Gasteiger partial charge in [0.15, 0.2) is 11.5 Å². The highest BCUT2D eigenvalue weighted by atomic mass is 16.5. The molecule has 0 radical (unpaired) electrons. The highest BCUT2D eigenvalue weighted by Crippen LogP contribution is 2.35. The van der Waals surface area contributed by atoms with Gasteiger partial charge < -0.3 is 25.4 Å². The number of urea groups is 1. The van der Waals surface area contributed by atoms with Crippen LogP contribution in [0.25, 0.3) is 0 Å². The molecule has 3 N–H and O–H groups in total. The van der Waals surface area contributed by atoms with E-state index in [4.69, 9.17) is 4.74 Å². The number of phenolic OH excluding ortho intramolecular Hbond substituents is 1. The van der Waals surface area contributed by atoms with Crippen LogP contribution < -0.4 is 15.4 Å². The van der Waals surface area contributed by atoms with Gasteiger partial charge >= 0.3 is 6.03 Å². The van der Waals surface area contributed by atoms with Crippen molar-refractivity contribution in [3.05, 3.63) is 64.9 Å². The Morgan fingerprint density at radius 3 is 2.61 bits per heavy atom. The minimum Gasteiger partial charge on any atom is -0.504 e. The lowest BCUT2D eigenvalue weighted by Crippen LogP contribution is -2.46. The number of amides is 3. The van der Waals surface area contributed by atoms with Gasteiger partial charge in [-0.1, -0.05) is 24.3 Å². The van der Waals surface area contributed by atoms with E-state index in [1.165, 1.54) is 18.1 Å². The van der Waals surface area contributed by atoms with Gasteiger partial charge in [-0.15, -0.1) is 0 Å². The maximum atomic E-state index is 13.2. The predicted octanol–water partition coefficient (Wildman–Crippen LogP) is 3.32. The van der Waals surface area contributed by atoms with Crippen molar-refractivity contribution in [1.29, 1.82) is 0 Å². The number of para-hydroxylation sites is 1. The van der Waals surface area contributed by atoms with Crippen LogP contribution in [0.5, 0.6) is 11.5 Å². The zero-order chi connectivity index (χ0) is 20.4. The van der Waals surface area contributed by atoms with Crippen LogP contribution in [0.15, 0.2) is 53.7 Å². The van der Waals surface area contributed by atoms with Crippen LogP contribution in [0.4, 0.5) is 10.5 Å². The number of nitrogens with one attached hydrogen (secondary N) is 2. The zero-order valence-corrected chi connectivity index (χ0v) is 16.2. The van der Waals surface area contributed by atoms with Crippen molar-refractivity contribution < 1.29 is 19.4 Å². The Morgan fingerprint density at radius 1 is 1.21 bits per heavy atom. The molecule has 0 saturated carbocycles. The average Bonchev–Trinajstić information content (AvgIpc) is 2.68. The third-order valence-corrected chi connectivity index (χ3v) is 4.93. The molecule has 3 rings (SSSR count). The number of phenols is 1. The highest BCUT2D eigenvalue weighted by molar-refractivity contribution is 6.07. The quantitative estimate of drug-likeness (QED) is 0.758. The Kier molecular flexibility index (Phi) is 5.26. The van der Waals surface area contributed by atoms with Gasteiger partial charge in [-0.2, -0.15) is 0 Å². The van der Waals surface area contributed by atoms with E-state index < -0.39 is 6.04 Å². The van der Waals surface area contributed by atoms with E-state index in [0.717, 1.165) is 5.56 Å². The number of carbonyl (C=O) groups is 2. The Hall–Kier alpha value is -3.48. The molecule has 0 fully saturated rings. The van der Waals surface area contributed by atoms with E-state index in [2.05, 4.69) is 10.6 Å². The van der Waals surface area contributed by atoms with Gasteiger partial charge in [0.1, 0.15) is 0 Å². The van der Waals surface area contributed by atoms with Crippen molar-refractivity contribution in [2.24, 2.45) is 0 Å². The van der Waals surface area contributed by atoms with Crippen LogP contribution in [0, 0.1) is 6.92 Å². The van der Waals surface area contributed by atoms with Crippen LogP contribution >= 0.6 is 0 Å². The number of nitrogens with zero attached hydrogens (tertiary/aromatic N) is 1. The normalized spacial score (nSPS) is 16.6. The summed E-state index contributed by atoms with van der Waals surface area (Å²) in [6.45, 7) is 3.64. The van der Waals surface area contributed by atoms with Gasteiger partial charge in [0, 0.05) is 18.4 Å². The predicted molar refractivity (Wildman–Crippen MR) is 106 cm³/mol. The molecule has 7 heteroatoms. The summed E-state index contributed by atoms with van der Waals surface area (Å²) in [6.07, 6.45) is 0. The summed E-state index contributed by atoms with van der Waals surface area (Å²) in [5.41, 5.74) is 3.23. The molecular formula is C21H23N3O4. The number of anilines is 1. The van der Waals surface area contributed by atoms with Crippen LogP contribution in [0.3, 0.4) is 0 Å². The van der Waals surface area contributed by atoms with Crippen LogP contribution in [-0.2, 0) is 4.79 Å². The first-order chi connectivity index (χ1) is 13.3. The monoisotopic (exact) mass is 381 g/mol. The number of aromatic hydroxyl groups is 1. The minimum atomic E-state index is -0.679. The average molecular weight is 381 g/mol. The molecule has 0 aromatic heterocycles. The molecule has 3 amide bonds. The van der Waals surface area contributed by atoms with Gasteiger partial charge in [0.05, 0.1) is 18.7 Å². The maximum Gasteiger partial charge on any atom is 0.322 e. The van der Waals surface area contributed by atoms with Gasteiger partial charge in [-0.05, 0) is 43.2 Å². The lowest BCUT2D eigenvalue weighted by Gasteiger charge is -2.34. The third kappa shape index (κ3) is 3.51. The first-order valence-corrected chi connectivity index (χ1v) is 8.82. The Bertz CT molecular complexity index is 968. The largest absolute Gasteiger partial charge is 0.504 e. The number of aryl methyl sites for hydroxylation is 1. The summed E-state index contributed by atoms with van der Waals surface area (Å²) < 4.78 is 5.17. The van der Waals surface area contributed by atoms with Gasteiger partial charge in [0.2, 0.25) is 0 Å². The Balaban J connectivity index is 2.04. The fourth-order valence-electron chi connectivity index (χ4n) is 3.16. The topological polar surface area (TPSA) is 90.9 Å². The van der Waals surface area contributed by atoms with Gasteiger partial charge in [-0.3, -0.25) is 4.79 Å². The molecule has 1 heterocycles. The lowest BCUT2D eigenvalue weighted by molar-refractivity contribution is -0.113. The van der Waals surface area contributed by atoms with E-state index in [9.17, 15) is 14.7 Å². The smallest absolute Gasteiger partial charge is 0.322 e. The number of hydrogen-bond donors (Lipinski definition) is 3. The summed E-state index contributed by atoms with van der Waals surface area (Å²) in [5.74, 6) is -0.0604. The molecule has 1 atom stereocenters. The second-order valence-corrected chi connectivity index (χ2v) is 6.64. The number of benzene rings is 2. The molecule has 0 bridgehead atoms. The van der Waals surface area contributed by atoms with E-state index in [-0.39, 0.29) is 23.4 Å². The van der Waals surface area contributed by atoms with Gasteiger partial charge in [0.25, 0.3) is 5.91 Å². The van der Waals surface area contributed by atoms with Gasteiger partial charge in [-0.25, -0.2) is 4.79 Å². The lowest BCUT2D eigenvalue weighted by atomic mass is 9.94. The van der Waals surface area contributed by atoms with Crippen molar-refractivity contribution >= 4 is 17.6 Å². The van der Waals surface area contributed by atoms with Crippen molar-refractivity contribution in [3.63, 3.8) is 0 Å². The van der Waals surface area contributed by atoms with Crippen molar-refractivity contribution in [3.8, 4) is 11.5 Å². The fourth-order valence-corrected chi connectivity index (χ4v) is 3.16. The first kappa shape index (κ1) is 19.3. The molecule has 2 aromatic rings. The molecule has 0 spiro atoms. The number of allylic oxidation sites excluding steroid dienone is 1. The van der Waals surface area contributed by atoms with Crippen LogP contribution in [0.1, 0.15) is 24.1 Å². The molecule has 0 saturated heterocycles. The summed E-state index contributed by atoms with van der Waals surface area (Å²) >= 11 is 0. The number of methoxy groups -OCH3 is 1. The molecule has 1 unspecified atom stereocenters. The van der Waals surface area contributed by atoms with E-state index in [1.54, 1.807) is 26.1 Å². The summed E-state index contributed by atoms with van der Waals surface area (Å²) in [4.78, 5) is 26.9. The molecule has 28 heavy (non-hydrogen) atoms. The second kappa shape index (κ2) is 7.64. The number of carbonyl (C=O) groups excluding carboxylic acids is 2. The fraction of sp³-hybridized carbons (Fsp3) is 0.238. The summed E-state index contributed by atoms with van der Waals surface area (Å²) in [5, 5.41) is 15.6. The van der Waals surface area contributed by atoms with E-state index in [0.29, 0.717) is 22.5 Å². The van der Waals surface area contributed by atoms with E-state index in [1.807, 2.05) is 31.2 Å². The number of ether oxygens (including phenoxy) is 1. The Labute approximate surface area is 163 Å². The van der Waals surface area contributed by atoms with Crippen molar-refractivity contribution in [2.75, 3.05) is 19.5 Å². The Morgan fingerprint density at radius 2 is 1.93 bits per heavy atom. The third-order valence-electron chi connectivity index (χ3n) is 4.93. The SMILES string of the molecule is COc1cc(C2NC(=O)N(C)C(C)=C2C(=O)Nc2ccccc2C)ccc1O. The van der Waals surface area contributed by atoms with Crippen molar-refractivity contribution in [2.45, 2.75) is 19.9 Å². The molecule has 0 aliphatic carbocycles.